The van der Waals surface area contributed by atoms with Gasteiger partial charge in [-0.05, 0) is 24.9 Å². The van der Waals surface area contributed by atoms with Crippen molar-refractivity contribution in [2.24, 2.45) is 14.1 Å². The summed E-state index contributed by atoms with van der Waals surface area (Å²) < 4.78 is 2.31. The number of nitrogens with zero attached hydrogens (tertiary/aromatic N) is 4. The molecule has 0 amide bonds. The molecule has 0 saturated carbocycles. The summed E-state index contributed by atoms with van der Waals surface area (Å²) in [5.74, 6) is 0.312. The molecule has 1 atom stereocenters. The fraction of sp³-hybridized carbons (Fsp3) is 0.421. The van der Waals surface area contributed by atoms with Crippen molar-refractivity contribution in [3.05, 3.63) is 62.3 Å². The number of hydrogen-bond acceptors (Lipinski definition) is 5. The molecule has 0 aliphatic carbocycles. The Morgan fingerprint density at radius 2 is 1.92 bits per heavy atom. The third-order valence-corrected chi connectivity index (χ3v) is 4.87. The second-order valence-electron chi connectivity index (χ2n) is 6.75. The highest BCUT2D eigenvalue weighted by Crippen LogP contribution is 2.18. The van der Waals surface area contributed by atoms with E-state index in [-0.39, 0.29) is 11.6 Å². The SMILES string of the molecule is Cn1c(NC2CCCN(Cc3ccccc3)C2)c(C#N)c(=O)n(C)c1=O. The van der Waals surface area contributed by atoms with Crippen molar-refractivity contribution in [3.8, 4) is 6.07 Å². The van der Waals surface area contributed by atoms with Crippen LogP contribution >= 0.6 is 0 Å². The van der Waals surface area contributed by atoms with Crippen LogP contribution in [0, 0.1) is 11.3 Å². The molecular formula is C19H23N5O2. The average molecular weight is 353 g/mol. The molecule has 7 heteroatoms. The van der Waals surface area contributed by atoms with E-state index in [0.29, 0.717) is 5.82 Å². The van der Waals surface area contributed by atoms with Gasteiger partial charge in [0.25, 0.3) is 5.56 Å². The van der Waals surface area contributed by atoms with Crippen LogP contribution in [0.4, 0.5) is 5.82 Å². The lowest BCUT2D eigenvalue weighted by molar-refractivity contribution is 0.208. The maximum atomic E-state index is 12.2. The normalized spacial score (nSPS) is 17.7. The summed E-state index contributed by atoms with van der Waals surface area (Å²) in [5, 5.41) is 12.7. The van der Waals surface area contributed by atoms with Crippen molar-refractivity contribution in [2.75, 3.05) is 18.4 Å². The maximum Gasteiger partial charge on any atom is 0.332 e. The van der Waals surface area contributed by atoms with E-state index in [1.807, 2.05) is 24.3 Å². The van der Waals surface area contributed by atoms with Crippen molar-refractivity contribution < 1.29 is 0 Å². The van der Waals surface area contributed by atoms with Crippen LogP contribution < -0.4 is 16.6 Å². The second kappa shape index (κ2) is 7.58. The largest absolute Gasteiger partial charge is 0.366 e. The Kier molecular flexibility index (Phi) is 5.24. The highest BCUT2D eigenvalue weighted by molar-refractivity contribution is 5.51. The van der Waals surface area contributed by atoms with E-state index in [1.165, 1.54) is 17.2 Å². The third kappa shape index (κ3) is 3.55. The number of likely N-dealkylation sites (tertiary alicyclic amines) is 1. The van der Waals surface area contributed by atoms with Crippen molar-refractivity contribution in [1.29, 1.82) is 5.26 Å². The number of nitriles is 1. The van der Waals surface area contributed by atoms with Gasteiger partial charge in [0.15, 0.2) is 5.56 Å². The standard InChI is InChI=1S/C19H23N5O2/c1-22-17(16(11-20)18(25)23(2)19(22)26)21-15-9-6-10-24(13-15)12-14-7-4-3-5-8-14/h3-5,7-8,15,21H,6,9-10,12-13H2,1-2H3. The topological polar surface area (TPSA) is 83.1 Å². The molecule has 1 aromatic heterocycles. The summed E-state index contributed by atoms with van der Waals surface area (Å²) in [6.07, 6.45) is 1.95. The Balaban J connectivity index is 1.80. The molecule has 1 aromatic carbocycles. The molecule has 2 aromatic rings. The van der Waals surface area contributed by atoms with Gasteiger partial charge in [0.1, 0.15) is 11.9 Å². The first-order chi connectivity index (χ1) is 12.5. The van der Waals surface area contributed by atoms with Crippen molar-refractivity contribution in [2.45, 2.75) is 25.4 Å². The number of piperidine rings is 1. The van der Waals surface area contributed by atoms with E-state index in [9.17, 15) is 14.9 Å². The molecule has 1 aliphatic rings. The van der Waals surface area contributed by atoms with Gasteiger partial charge in [0.05, 0.1) is 0 Å². The van der Waals surface area contributed by atoms with E-state index in [4.69, 9.17) is 0 Å². The summed E-state index contributed by atoms with van der Waals surface area (Å²) in [6.45, 7) is 2.66. The van der Waals surface area contributed by atoms with Gasteiger partial charge < -0.3 is 5.32 Å². The van der Waals surface area contributed by atoms with Crippen molar-refractivity contribution >= 4 is 5.82 Å². The predicted molar refractivity (Wildman–Crippen MR) is 100 cm³/mol. The molecule has 2 heterocycles. The molecule has 3 rings (SSSR count). The van der Waals surface area contributed by atoms with E-state index >= 15 is 0 Å². The summed E-state index contributed by atoms with van der Waals surface area (Å²) in [6, 6.07) is 12.3. The van der Waals surface area contributed by atoms with E-state index in [0.717, 1.165) is 37.0 Å². The molecule has 136 valence electrons. The van der Waals surface area contributed by atoms with Gasteiger partial charge in [-0.3, -0.25) is 18.8 Å². The van der Waals surface area contributed by atoms with Gasteiger partial charge in [0, 0.05) is 33.2 Å². The monoisotopic (exact) mass is 353 g/mol. The Labute approximate surface area is 152 Å². The number of hydrogen-bond donors (Lipinski definition) is 1. The summed E-state index contributed by atoms with van der Waals surface area (Å²) in [4.78, 5) is 26.8. The van der Waals surface area contributed by atoms with Crippen LogP contribution in [0.1, 0.15) is 24.0 Å². The quantitative estimate of drug-likeness (QED) is 0.888. The molecule has 1 N–H and O–H groups in total. The van der Waals surface area contributed by atoms with Crippen LogP contribution in [0.3, 0.4) is 0 Å². The zero-order valence-electron chi connectivity index (χ0n) is 15.1. The highest BCUT2D eigenvalue weighted by Gasteiger charge is 2.23. The Morgan fingerprint density at radius 1 is 1.19 bits per heavy atom. The van der Waals surface area contributed by atoms with E-state index < -0.39 is 11.2 Å². The number of anilines is 1. The number of benzene rings is 1. The molecule has 26 heavy (non-hydrogen) atoms. The number of rotatable bonds is 4. The van der Waals surface area contributed by atoms with Gasteiger partial charge in [-0.25, -0.2) is 4.79 Å². The Morgan fingerprint density at radius 3 is 2.62 bits per heavy atom. The molecule has 1 saturated heterocycles. The lowest BCUT2D eigenvalue weighted by Gasteiger charge is -2.34. The lowest BCUT2D eigenvalue weighted by Crippen LogP contribution is -2.45. The molecule has 1 aliphatic heterocycles. The minimum atomic E-state index is -0.560. The van der Waals surface area contributed by atoms with Crippen LogP contribution in [0.15, 0.2) is 39.9 Å². The summed E-state index contributed by atoms with van der Waals surface area (Å²) in [7, 11) is 2.97. The minimum Gasteiger partial charge on any atom is -0.366 e. The zero-order valence-corrected chi connectivity index (χ0v) is 15.1. The van der Waals surface area contributed by atoms with Crippen LogP contribution in [-0.4, -0.2) is 33.2 Å². The van der Waals surface area contributed by atoms with Crippen LogP contribution in [0.2, 0.25) is 0 Å². The second-order valence-corrected chi connectivity index (χ2v) is 6.75. The van der Waals surface area contributed by atoms with Gasteiger partial charge in [-0.15, -0.1) is 0 Å². The maximum absolute atomic E-state index is 12.2. The molecule has 0 radical (unpaired) electrons. The molecule has 1 unspecified atom stereocenters. The van der Waals surface area contributed by atoms with Gasteiger partial charge >= 0.3 is 5.69 Å². The third-order valence-electron chi connectivity index (χ3n) is 4.87. The van der Waals surface area contributed by atoms with E-state index in [2.05, 4.69) is 22.3 Å². The molecule has 0 spiro atoms. The summed E-state index contributed by atoms with van der Waals surface area (Å²) >= 11 is 0. The van der Waals surface area contributed by atoms with Crippen LogP contribution in [-0.2, 0) is 20.6 Å². The van der Waals surface area contributed by atoms with Gasteiger partial charge in [-0.2, -0.15) is 5.26 Å². The molecular weight excluding hydrogens is 330 g/mol. The average Bonchev–Trinajstić information content (AvgIpc) is 2.66. The van der Waals surface area contributed by atoms with E-state index in [1.54, 1.807) is 7.05 Å². The van der Waals surface area contributed by atoms with Gasteiger partial charge in [0.2, 0.25) is 0 Å². The lowest BCUT2D eigenvalue weighted by atomic mass is 10.0. The fourth-order valence-corrected chi connectivity index (χ4v) is 3.47. The first-order valence-electron chi connectivity index (χ1n) is 8.74. The fourth-order valence-electron chi connectivity index (χ4n) is 3.47. The first-order valence-corrected chi connectivity index (χ1v) is 8.74. The zero-order chi connectivity index (χ0) is 18.7. The Hall–Kier alpha value is -2.85. The minimum absolute atomic E-state index is 0.0187. The smallest absolute Gasteiger partial charge is 0.332 e. The van der Waals surface area contributed by atoms with Crippen molar-refractivity contribution in [1.82, 2.24) is 14.0 Å². The number of nitrogens with one attached hydrogen (secondary N) is 1. The first kappa shape index (κ1) is 18.0. The molecule has 7 nitrogen and oxygen atoms in total. The molecule has 0 bridgehead atoms. The number of aromatic nitrogens is 2. The van der Waals surface area contributed by atoms with Crippen LogP contribution in [0.5, 0.6) is 0 Å². The van der Waals surface area contributed by atoms with Crippen LogP contribution in [0.25, 0.3) is 0 Å². The van der Waals surface area contributed by atoms with Gasteiger partial charge in [-0.1, -0.05) is 30.3 Å². The predicted octanol–water partition coefficient (Wildman–Crippen LogP) is 1.03. The molecule has 1 fully saturated rings. The summed E-state index contributed by atoms with van der Waals surface area (Å²) in [5.41, 5.74) is 0.241. The van der Waals surface area contributed by atoms with Crippen molar-refractivity contribution in [3.63, 3.8) is 0 Å². The highest BCUT2D eigenvalue weighted by atomic mass is 16.2. The Bertz CT molecular complexity index is 939.